The maximum absolute atomic E-state index is 12.3. The van der Waals surface area contributed by atoms with Gasteiger partial charge in [-0.1, -0.05) is 0 Å². The molecule has 1 atom stereocenters. The topological polar surface area (TPSA) is 112 Å². The molecule has 0 radical (unpaired) electrons. The van der Waals surface area contributed by atoms with Crippen LogP contribution in [-0.4, -0.2) is 23.0 Å². The van der Waals surface area contributed by atoms with Crippen molar-refractivity contribution < 1.29 is 4.79 Å². The first kappa shape index (κ1) is 20.2. The van der Waals surface area contributed by atoms with Gasteiger partial charge in [0.15, 0.2) is 0 Å². The number of nitrogens with two attached hydrogens (primary N) is 1. The van der Waals surface area contributed by atoms with Crippen molar-refractivity contribution in [2.45, 2.75) is 52.0 Å². The fraction of sp³-hybridized carbons (Fsp3) is 0.588. The molecule has 2 rings (SSSR count). The van der Waals surface area contributed by atoms with Crippen LogP contribution >= 0.6 is 12.4 Å². The van der Waals surface area contributed by atoms with Crippen molar-refractivity contribution in [3.63, 3.8) is 0 Å². The smallest absolute Gasteiger partial charge is 0.266 e. The highest BCUT2D eigenvalue weighted by molar-refractivity contribution is 5.85. The third kappa shape index (κ3) is 4.16. The molecule has 1 aromatic rings. The number of rotatable bonds is 6. The Labute approximate surface area is 148 Å². The van der Waals surface area contributed by atoms with Gasteiger partial charge in [0.25, 0.3) is 5.56 Å². The lowest BCUT2D eigenvalue weighted by molar-refractivity contribution is -0.123. The molecule has 0 aromatic carbocycles. The number of amides is 1. The highest BCUT2D eigenvalue weighted by Crippen LogP contribution is 2.39. The highest BCUT2D eigenvalue weighted by Gasteiger charge is 2.41. The van der Waals surface area contributed by atoms with Crippen molar-refractivity contribution in [1.29, 1.82) is 5.26 Å². The number of hydrogen-bond donors (Lipinski definition) is 3. The molecule has 1 fully saturated rings. The first-order chi connectivity index (χ1) is 10.8. The average Bonchev–Trinajstić information content (AvgIpc) is 3.32. The number of nitrogens with zero attached hydrogens (tertiary/aromatic N) is 1. The molecule has 1 aromatic heterocycles. The Morgan fingerprint density at radius 2 is 2.08 bits per heavy atom. The monoisotopic (exact) mass is 352 g/mol. The zero-order valence-corrected chi connectivity index (χ0v) is 15.2. The van der Waals surface area contributed by atoms with Crippen molar-refractivity contribution in [3.05, 3.63) is 32.7 Å². The van der Waals surface area contributed by atoms with E-state index in [9.17, 15) is 9.59 Å². The third-order valence-electron chi connectivity index (χ3n) is 4.85. The van der Waals surface area contributed by atoms with Gasteiger partial charge in [-0.3, -0.25) is 9.59 Å². The Bertz CT molecular complexity index is 719. The second kappa shape index (κ2) is 7.82. The zero-order valence-electron chi connectivity index (χ0n) is 14.4. The van der Waals surface area contributed by atoms with Crippen LogP contribution < -0.4 is 16.6 Å². The van der Waals surface area contributed by atoms with Crippen LogP contribution in [-0.2, 0) is 11.2 Å². The van der Waals surface area contributed by atoms with Gasteiger partial charge in [-0.25, -0.2) is 0 Å². The molecule has 1 heterocycles. The number of carbonyl (C=O) groups is 1. The van der Waals surface area contributed by atoms with E-state index in [1.165, 1.54) is 0 Å². The lowest BCUT2D eigenvalue weighted by atomic mass is 9.95. The molecule has 1 aliphatic carbocycles. The lowest BCUT2D eigenvalue weighted by Gasteiger charge is -2.29. The molecular formula is C17H25ClN4O2. The molecule has 0 aliphatic heterocycles. The summed E-state index contributed by atoms with van der Waals surface area (Å²) in [6.45, 7) is 5.96. The number of aromatic amines is 1. The van der Waals surface area contributed by atoms with Crippen molar-refractivity contribution in [1.82, 2.24) is 10.3 Å². The number of nitriles is 1. The van der Waals surface area contributed by atoms with E-state index in [2.05, 4.69) is 10.3 Å². The molecule has 1 unspecified atom stereocenters. The Balaban J connectivity index is 0.00000288. The van der Waals surface area contributed by atoms with Gasteiger partial charge in [-0.2, -0.15) is 5.26 Å². The standard InChI is InChI=1S/C17H24N4O2.ClH/c1-10-13(11(2)20-16(23)14(10)8-18)6-7-15(22)21-17(3,9-19)12-4-5-12;/h12H,4-7,9,19H2,1-3H3,(H,20,23)(H,21,22);1H. The minimum Gasteiger partial charge on any atom is -0.349 e. The van der Waals surface area contributed by atoms with E-state index in [0.29, 0.717) is 36.6 Å². The van der Waals surface area contributed by atoms with E-state index in [-0.39, 0.29) is 35.0 Å². The second-order valence-corrected chi connectivity index (χ2v) is 6.61. The Morgan fingerprint density at radius 3 is 2.58 bits per heavy atom. The summed E-state index contributed by atoms with van der Waals surface area (Å²) >= 11 is 0. The first-order valence-electron chi connectivity index (χ1n) is 7.96. The van der Waals surface area contributed by atoms with Gasteiger partial charge in [0, 0.05) is 18.7 Å². The number of pyridine rings is 1. The number of halogens is 1. The number of aromatic nitrogens is 1. The molecule has 0 bridgehead atoms. The van der Waals surface area contributed by atoms with Crippen LogP contribution in [0.1, 0.15) is 48.6 Å². The van der Waals surface area contributed by atoms with Gasteiger partial charge >= 0.3 is 0 Å². The summed E-state index contributed by atoms with van der Waals surface area (Å²) < 4.78 is 0. The molecule has 1 amide bonds. The number of hydrogen-bond acceptors (Lipinski definition) is 4. The quantitative estimate of drug-likeness (QED) is 0.719. The predicted octanol–water partition coefficient (Wildman–Crippen LogP) is 1.46. The van der Waals surface area contributed by atoms with Crippen LogP contribution in [0.3, 0.4) is 0 Å². The largest absolute Gasteiger partial charge is 0.349 e. The van der Waals surface area contributed by atoms with Crippen LogP contribution in [0.4, 0.5) is 0 Å². The molecule has 0 spiro atoms. The predicted molar refractivity (Wildman–Crippen MR) is 95.1 cm³/mol. The number of aryl methyl sites for hydroxylation is 1. The van der Waals surface area contributed by atoms with Crippen molar-refractivity contribution in [2.24, 2.45) is 11.7 Å². The van der Waals surface area contributed by atoms with Crippen molar-refractivity contribution in [3.8, 4) is 6.07 Å². The van der Waals surface area contributed by atoms with E-state index in [4.69, 9.17) is 11.0 Å². The molecule has 0 saturated heterocycles. The van der Waals surface area contributed by atoms with Crippen molar-refractivity contribution in [2.75, 3.05) is 6.54 Å². The maximum Gasteiger partial charge on any atom is 0.266 e. The van der Waals surface area contributed by atoms with E-state index in [0.717, 1.165) is 18.4 Å². The SMILES string of the molecule is Cc1[nH]c(=O)c(C#N)c(C)c1CCC(=O)NC(C)(CN)C1CC1.Cl. The number of H-pyrrole nitrogens is 1. The van der Waals surface area contributed by atoms with Gasteiger partial charge in [0.05, 0.1) is 5.54 Å². The Hall–Kier alpha value is -1.84. The molecule has 4 N–H and O–H groups in total. The minimum absolute atomic E-state index is 0. The van der Waals surface area contributed by atoms with Crippen LogP contribution in [0.15, 0.2) is 4.79 Å². The molecule has 24 heavy (non-hydrogen) atoms. The number of carbonyl (C=O) groups excluding carboxylic acids is 1. The number of nitrogens with one attached hydrogen (secondary N) is 2. The fourth-order valence-electron chi connectivity index (χ4n) is 3.08. The van der Waals surface area contributed by atoms with E-state index < -0.39 is 0 Å². The normalized spacial score (nSPS) is 15.8. The summed E-state index contributed by atoms with van der Waals surface area (Å²) in [5.41, 5.74) is 7.46. The molecule has 1 saturated carbocycles. The molecular weight excluding hydrogens is 328 g/mol. The van der Waals surface area contributed by atoms with Gasteiger partial charge in [-0.05, 0) is 57.1 Å². The van der Waals surface area contributed by atoms with Crippen LogP contribution in [0.25, 0.3) is 0 Å². The van der Waals surface area contributed by atoms with Gasteiger partial charge < -0.3 is 16.0 Å². The molecule has 6 nitrogen and oxygen atoms in total. The summed E-state index contributed by atoms with van der Waals surface area (Å²) in [5.74, 6) is 0.423. The summed E-state index contributed by atoms with van der Waals surface area (Å²) in [6.07, 6.45) is 3.01. The van der Waals surface area contributed by atoms with Gasteiger partial charge in [0.2, 0.25) is 5.91 Å². The lowest BCUT2D eigenvalue weighted by Crippen LogP contribution is -2.53. The highest BCUT2D eigenvalue weighted by atomic mass is 35.5. The average molecular weight is 353 g/mol. The maximum atomic E-state index is 12.3. The summed E-state index contributed by atoms with van der Waals surface area (Å²) in [7, 11) is 0. The summed E-state index contributed by atoms with van der Waals surface area (Å²) in [4.78, 5) is 26.7. The van der Waals surface area contributed by atoms with Crippen LogP contribution in [0, 0.1) is 31.1 Å². The summed E-state index contributed by atoms with van der Waals surface area (Å²) in [5, 5.41) is 12.1. The zero-order chi connectivity index (χ0) is 17.2. The van der Waals surface area contributed by atoms with Crippen molar-refractivity contribution >= 4 is 18.3 Å². The van der Waals surface area contributed by atoms with Crippen LogP contribution in [0.5, 0.6) is 0 Å². The van der Waals surface area contributed by atoms with Crippen LogP contribution in [0.2, 0.25) is 0 Å². The Kier molecular flexibility index (Phi) is 6.58. The molecule has 132 valence electrons. The van der Waals surface area contributed by atoms with Gasteiger partial charge in [-0.15, -0.1) is 12.4 Å². The fourth-order valence-corrected chi connectivity index (χ4v) is 3.08. The van der Waals surface area contributed by atoms with E-state index >= 15 is 0 Å². The minimum atomic E-state index is -0.375. The first-order valence-corrected chi connectivity index (χ1v) is 7.96. The van der Waals surface area contributed by atoms with E-state index in [1.54, 1.807) is 13.8 Å². The van der Waals surface area contributed by atoms with Gasteiger partial charge in [0.1, 0.15) is 11.6 Å². The van der Waals surface area contributed by atoms with E-state index in [1.807, 2.05) is 13.0 Å². The second-order valence-electron chi connectivity index (χ2n) is 6.61. The summed E-state index contributed by atoms with van der Waals surface area (Å²) in [6, 6.07) is 1.93. The third-order valence-corrected chi connectivity index (χ3v) is 4.85. The molecule has 7 heteroatoms. The molecule has 1 aliphatic rings. The Morgan fingerprint density at radius 1 is 1.46 bits per heavy atom.